The summed E-state index contributed by atoms with van der Waals surface area (Å²) in [5, 5.41) is 5.64. The van der Waals surface area contributed by atoms with Crippen molar-refractivity contribution in [2.45, 2.75) is 13.5 Å². The molecule has 1 aliphatic rings. The van der Waals surface area contributed by atoms with Crippen molar-refractivity contribution in [1.82, 2.24) is 10.2 Å². The van der Waals surface area contributed by atoms with Gasteiger partial charge in [0, 0.05) is 49.9 Å². The number of halogens is 1. The fourth-order valence-corrected chi connectivity index (χ4v) is 3.91. The number of piperazine rings is 1. The molecule has 1 aromatic heterocycles. The highest BCUT2D eigenvalue weighted by molar-refractivity contribution is 14.0. The molecule has 0 aliphatic carbocycles. The first-order valence-corrected chi connectivity index (χ1v) is 9.47. The second-order valence-corrected chi connectivity index (χ2v) is 7.10. The Morgan fingerprint density at radius 1 is 1.23 bits per heavy atom. The number of hydrogen-bond donors (Lipinski definition) is 1. The Kier molecular flexibility index (Phi) is 8.02. The van der Waals surface area contributed by atoms with E-state index in [4.69, 9.17) is 4.74 Å². The number of thiophene rings is 1. The molecule has 3 rings (SSSR count). The highest BCUT2D eigenvalue weighted by atomic mass is 127. The Morgan fingerprint density at radius 3 is 2.62 bits per heavy atom. The fraction of sp³-hybridized carbons (Fsp3) is 0.421. The van der Waals surface area contributed by atoms with Crippen LogP contribution in [0.3, 0.4) is 0 Å². The van der Waals surface area contributed by atoms with E-state index in [1.165, 1.54) is 16.1 Å². The van der Waals surface area contributed by atoms with Gasteiger partial charge in [-0.2, -0.15) is 0 Å². The zero-order valence-electron chi connectivity index (χ0n) is 15.6. The minimum atomic E-state index is 0. The van der Waals surface area contributed by atoms with E-state index in [1.54, 1.807) is 18.4 Å². The Balaban J connectivity index is 0.00000243. The molecule has 0 atom stereocenters. The Hall–Kier alpha value is -1.48. The van der Waals surface area contributed by atoms with E-state index < -0.39 is 0 Å². The molecule has 7 heteroatoms. The Labute approximate surface area is 177 Å². The first-order valence-electron chi connectivity index (χ1n) is 8.59. The Bertz CT molecular complexity index is 726. The number of anilines is 1. The highest BCUT2D eigenvalue weighted by Crippen LogP contribution is 2.22. The third kappa shape index (κ3) is 5.03. The number of aliphatic imine (C=N–C) groups is 1. The van der Waals surface area contributed by atoms with Crippen LogP contribution in [-0.2, 0) is 6.54 Å². The molecule has 0 unspecified atom stereocenters. The minimum absolute atomic E-state index is 0. The van der Waals surface area contributed by atoms with Crippen molar-refractivity contribution in [3.63, 3.8) is 0 Å². The van der Waals surface area contributed by atoms with Gasteiger partial charge >= 0.3 is 0 Å². The number of ether oxygens (including phenoxy) is 1. The van der Waals surface area contributed by atoms with Crippen LogP contribution in [0.25, 0.3) is 0 Å². The smallest absolute Gasteiger partial charge is 0.194 e. The van der Waals surface area contributed by atoms with Crippen molar-refractivity contribution in [2.24, 2.45) is 4.99 Å². The molecule has 0 bridgehead atoms. The van der Waals surface area contributed by atoms with Gasteiger partial charge in [-0.25, -0.2) is 0 Å². The molecule has 0 spiro atoms. The average Bonchev–Trinajstić information content (AvgIpc) is 3.08. The predicted molar refractivity (Wildman–Crippen MR) is 121 cm³/mol. The summed E-state index contributed by atoms with van der Waals surface area (Å²) >= 11 is 1.79. The van der Waals surface area contributed by atoms with Crippen molar-refractivity contribution in [2.75, 3.05) is 45.2 Å². The lowest BCUT2D eigenvalue weighted by Crippen LogP contribution is -2.52. The first kappa shape index (κ1) is 20.8. The number of hydrogen-bond acceptors (Lipinski definition) is 4. The topological polar surface area (TPSA) is 40.1 Å². The Morgan fingerprint density at radius 2 is 2.00 bits per heavy atom. The van der Waals surface area contributed by atoms with Crippen molar-refractivity contribution in [3.8, 4) is 5.75 Å². The molecule has 5 nitrogen and oxygen atoms in total. The summed E-state index contributed by atoms with van der Waals surface area (Å²) in [6.07, 6.45) is 0. The number of nitrogens with one attached hydrogen (secondary N) is 1. The maximum Gasteiger partial charge on any atom is 0.194 e. The molecule has 0 amide bonds. The fourth-order valence-electron chi connectivity index (χ4n) is 3.06. The van der Waals surface area contributed by atoms with Crippen LogP contribution in [0.2, 0.25) is 0 Å². The van der Waals surface area contributed by atoms with Gasteiger partial charge in [-0.05, 0) is 36.1 Å². The summed E-state index contributed by atoms with van der Waals surface area (Å²) in [5.74, 6) is 1.89. The number of benzene rings is 1. The van der Waals surface area contributed by atoms with E-state index in [0.717, 1.165) is 44.4 Å². The SMILES string of the molecule is CN=C(NCc1sccc1C)N1CCN(c2cccc(OC)c2)CC1.I. The molecule has 0 saturated carbocycles. The summed E-state index contributed by atoms with van der Waals surface area (Å²) in [6, 6.07) is 10.4. The third-order valence-electron chi connectivity index (χ3n) is 4.58. The normalized spacial score (nSPS) is 14.8. The predicted octanol–water partition coefficient (Wildman–Crippen LogP) is 3.58. The molecule has 1 aromatic carbocycles. The summed E-state index contributed by atoms with van der Waals surface area (Å²) in [5.41, 5.74) is 2.56. The van der Waals surface area contributed by atoms with Gasteiger partial charge in [-0.15, -0.1) is 35.3 Å². The van der Waals surface area contributed by atoms with Crippen LogP contribution in [-0.4, -0.2) is 51.2 Å². The van der Waals surface area contributed by atoms with Gasteiger partial charge in [0.05, 0.1) is 13.7 Å². The maximum atomic E-state index is 5.33. The number of guanidine groups is 1. The molecule has 2 aromatic rings. The minimum Gasteiger partial charge on any atom is -0.497 e. The van der Waals surface area contributed by atoms with E-state index >= 15 is 0 Å². The lowest BCUT2D eigenvalue weighted by atomic mass is 10.2. The lowest BCUT2D eigenvalue weighted by molar-refractivity contribution is 0.372. The quantitative estimate of drug-likeness (QED) is 0.408. The van der Waals surface area contributed by atoms with Crippen LogP contribution < -0.4 is 15.0 Å². The molecule has 0 radical (unpaired) electrons. The highest BCUT2D eigenvalue weighted by Gasteiger charge is 2.20. The van der Waals surface area contributed by atoms with Crippen LogP contribution >= 0.6 is 35.3 Å². The van der Waals surface area contributed by atoms with Crippen LogP contribution in [0.5, 0.6) is 5.75 Å². The van der Waals surface area contributed by atoms with Gasteiger partial charge in [0.1, 0.15) is 5.75 Å². The van der Waals surface area contributed by atoms with Crippen LogP contribution in [0, 0.1) is 6.92 Å². The van der Waals surface area contributed by atoms with Crippen LogP contribution in [0.4, 0.5) is 5.69 Å². The molecular formula is C19H27IN4OS. The van der Waals surface area contributed by atoms with Gasteiger partial charge in [0.15, 0.2) is 5.96 Å². The van der Waals surface area contributed by atoms with Gasteiger partial charge in [-0.1, -0.05) is 6.07 Å². The van der Waals surface area contributed by atoms with E-state index in [9.17, 15) is 0 Å². The zero-order valence-corrected chi connectivity index (χ0v) is 18.7. The number of aryl methyl sites for hydroxylation is 1. The van der Waals surface area contributed by atoms with Crippen molar-refractivity contribution in [1.29, 1.82) is 0 Å². The summed E-state index contributed by atoms with van der Waals surface area (Å²) in [6.45, 7) is 6.87. The average molecular weight is 486 g/mol. The van der Waals surface area contributed by atoms with Gasteiger partial charge < -0.3 is 19.9 Å². The first-order chi connectivity index (χ1) is 12.2. The van der Waals surface area contributed by atoms with Gasteiger partial charge in [0.2, 0.25) is 0 Å². The molecule has 1 aliphatic heterocycles. The maximum absolute atomic E-state index is 5.33. The third-order valence-corrected chi connectivity index (χ3v) is 5.61. The number of rotatable bonds is 4. The van der Waals surface area contributed by atoms with Crippen molar-refractivity contribution < 1.29 is 4.74 Å². The molecule has 1 saturated heterocycles. The summed E-state index contributed by atoms with van der Waals surface area (Å²) in [7, 11) is 3.57. The van der Waals surface area contributed by atoms with Crippen LogP contribution in [0.1, 0.15) is 10.4 Å². The monoisotopic (exact) mass is 486 g/mol. The summed E-state index contributed by atoms with van der Waals surface area (Å²) in [4.78, 5) is 10.6. The number of methoxy groups -OCH3 is 1. The van der Waals surface area contributed by atoms with E-state index in [0.29, 0.717) is 0 Å². The molecule has 2 heterocycles. The van der Waals surface area contributed by atoms with Gasteiger partial charge in [0.25, 0.3) is 0 Å². The van der Waals surface area contributed by atoms with E-state index in [-0.39, 0.29) is 24.0 Å². The second-order valence-electron chi connectivity index (χ2n) is 6.10. The van der Waals surface area contributed by atoms with E-state index in [2.05, 4.69) is 50.6 Å². The largest absolute Gasteiger partial charge is 0.497 e. The molecule has 1 N–H and O–H groups in total. The lowest BCUT2D eigenvalue weighted by Gasteiger charge is -2.37. The van der Waals surface area contributed by atoms with E-state index in [1.807, 2.05) is 19.2 Å². The standard InChI is InChI=1S/C19H26N4OS.HI/c1-15-7-12-25-18(15)14-21-19(20-2)23-10-8-22(9-11-23)16-5-4-6-17(13-16)24-3;/h4-7,12-13H,8-11,14H2,1-3H3,(H,20,21);1H. The number of nitrogens with zero attached hydrogens (tertiary/aromatic N) is 3. The van der Waals surface area contributed by atoms with Gasteiger partial charge in [-0.3, -0.25) is 4.99 Å². The van der Waals surface area contributed by atoms with Crippen molar-refractivity contribution in [3.05, 3.63) is 46.2 Å². The van der Waals surface area contributed by atoms with Crippen molar-refractivity contribution >= 4 is 47.0 Å². The molecule has 26 heavy (non-hydrogen) atoms. The second kappa shape index (κ2) is 10.0. The van der Waals surface area contributed by atoms with Crippen LogP contribution in [0.15, 0.2) is 40.7 Å². The molecule has 142 valence electrons. The summed E-state index contributed by atoms with van der Waals surface area (Å²) < 4.78 is 5.33. The molecular weight excluding hydrogens is 459 g/mol. The zero-order chi connectivity index (χ0) is 17.6. The molecule has 1 fully saturated rings.